The summed E-state index contributed by atoms with van der Waals surface area (Å²) >= 11 is 0. The summed E-state index contributed by atoms with van der Waals surface area (Å²) in [7, 11) is 1.82. The number of carbonyl (C=O) groups is 1. The van der Waals surface area contributed by atoms with E-state index in [1.807, 2.05) is 45.2 Å². The van der Waals surface area contributed by atoms with E-state index >= 15 is 0 Å². The van der Waals surface area contributed by atoms with Crippen LogP contribution in [0.25, 0.3) is 0 Å². The van der Waals surface area contributed by atoms with Crippen LogP contribution in [0.15, 0.2) is 24.3 Å². The molecule has 1 rings (SSSR count). The molecule has 3 heteroatoms. The van der Waals surface area contributed by atoms with Crippen LogP contribution < -0.4 is 0 Å². The molecular formula is C16H21NO2. The molecule has 1 aromatic carbocycles. The molecule has 0 spiro atoms. The summed E-state index contributed by atoms with van der Waals surface area (Å²) in [5.41, 5.74) is 1.95. The van der Waals surface area contributed by atoms with Gasteiger partial charge in [0, 0.05) is 25.6 Å². The molecule has 0 aliphatic rings. The number of nitrogens with zero attached hydrogens (tertiary/aromatic N) is 1. The van der Waals surface area contributed by atoms with Crippen molar-refractivity contribution in [1.82, 2.24) is 4.90 Å². The Morgan fingerprint density at radius 1 is 1.32 bits per heavy atom. The second kappa shape index (κ2) is 7.60. The van der Waals surface area contributed by atoms with Crippen LogP contribution >= 0.6 is 0 Å². The van der Waals surface area contributed by atoms with Crippen LogP contribution in [-0.4, -0.2) is 29.6 Å². The summed E-state index contributed by atoms with van der Waals surface area (Å²) < 4.78 is 0. The second-order valence-electron chi connectivity index (χ2n) is 5.00. The number of benzene rings is 1. The topological polar surface area (TPSA) is 40.5 Å². The Balaban J connectivity index is 2.60. The third kappa shape index (κ3) is 5.58. The molecule has 0 radical (unpaired) electrons. The van der Waals surface area contributed by atoms with Gasteiger partial charge in [-0.05, 0) is 23.6 Å². The molecule has 0 fully saturated rings. The van der Waals surface area contributed by atoms with Crippen molar-refractivity contribution in [2.75, 3.05) is 13.7 Å². The number of amides is 1. The number of hydrogen-bond acceptors (Lipinski definition) is 2. The fourth-order valence-corrected chi connectivity index (χ4v) is 1.70. The normalized spacial score (nSPS) is 9.95. The molecule has 19 heavy (non-hydrogen) atoms. The van der Waals surface area contributed by atoms with Crippen molar-refractivity contribution in [2.45, 2.75) is 26.8 Å². The summed E-state index contributed by atoms with van der Waals surface area (Å²) in [4.78, 5) is 13.6. The highest BCUT2D eigenvalue weighted by atomic mass is 16.2. The van der Waals surface area contributed by atoms with Crippen LogP contribution in [0.5, 0.6) is 0 Å². The summed E-state index contributed by atoms with van der Waals surface area (Å²) in [5, 5.41) is 8.62. The lowest BCUT2D eigenvalue weighted by atomic mass is 10.1. The molecule has 0 unspecified atom stereocenters. The van der Waals surface area contributed by atoms with Crippen molar-refractivity contribution in [3.8, 4) is 11.8 Å². The molecule has 0 atom stereocenters. The number of rotatable bonds is 4. The minimum atomic E-state index is -0.131. The highest BCUT2D eigenvalue weighted by molar-refractivity contribution is 5.76. The first kappa shape index (κ1) is 15.3. The van der Waals surface area contributed by atoms with Gasteiger partial charge in [0.05, 0.1) is 0 Å². The number of hydrogen-bond donors (Lipinski definition) is 1. The van der Waals surface area contributed by atoms with Crippen LogP contribution in [0.2, 0.25) is 0 Å². The van der Waals surface area contributed by atoms with Gasteiger partial charge in [-0.2, -0.15) is 0 Å². The van der Waals surface area contributed by atoms with E-state index in [1.165, 1.54) is 0 Å². The lowest BCUT2D eigenvalue weighted by molar-refractivity contribution is -0.131. The monoisotopic (exact) mass is 259 g/mol. The van der Waals surface area contributed by atoms with E-state index in [-0.39, 0.29) is 12.5 Å². The first-order valence-electron chi connectivity index (χ1n) is 6.45. The van der Waals surface area contributed by atoms with Gasteiger partial charge >= 0.3 is 0 Å². The summed E-state index contributed by atoms with van der Waals surface area (Å²) in [6.07, 6.45) is 0.580. The van der Waals surface area contributed by atoms with Gasteiger partial charge in [-0.3, -0.25) is 4.79 Å². The number of aliphatic hydroxyl groups is 1. The highest BCUT2D eigenvalue weighted by Gasteiger charge is 2.10. The van der Waals surface area contributed by atoms with E-state index in [0.717, 1.165) is 11.1 Å². The van der Waals surface area contributed by atoms with Crippen molar-refractivity contribution in [2.24, 2.45) is 5.92 Å². The van der Waals surface area contributed by atoms with Crippen molar-refractivity contribution >= 4 is 5.91 Å². The van der Waals surface area contributed by atoms with E-state index in [2.05, 4.69) is 11.8 Å². The van der Waals surface area contributed by atoms with Gasteiger partial charge in [-0.15, -0.1) is 0 Å². The zero-order valence-corrected chi connectivity index (χ0v) is 11.8. The van der Waals surface area contributed by atoms with Gasteiger partial charge in [0.25, 0.3) is 0 Å². The van der Waals surface area contributed by atoms with Crippen molar-refractivity contribution in [3.05, 3.63) is 35.4 Å². The largest absolute Gasteiger partial charge is 0.384 e. The molecule has 1 aromatic rings. The number of aliphatic hydroxyl groups excluding tert-OH is 1. The molecule has 0 aliphatic carbocycles. The summed E-state index contributed by atoms with van der Waals surface area (Å²) in [5.74, 6) is 6.00. The van der Waals surface area contributed by atoms with Crippen molar-refractivity contribution in [3.63, 3.8) is 0 Å². The fourth-order valence-electron chi connectivity index (χ4n) is 1.70. The molecule has 0 aromatic heterocycles. The van der Waals surface area contributed by atoms with Gasteiger partial charge in [0.2, 0.25) is 5.91 Å². The van der Waals surface area contributed by atoms with Crippen LogP contribution in [0.1, 0.15) is 31.4 Å². The van der Waals surface area contributed by atoms with E-state index < -0.39 is 0 Å². The molecule has 0 aliphatic heterocycles. The Bertz CT molecular complexity index is 466. The van der Waals surface area contributed by atoms with Crippen molar-refractivity contribution < 1.29 is 9.90 Å². The van der Waals surface area contributed by atoms with Gasteiger partial charge in [-0.1, -0.05) is 37.8 Å². The lowest BCUT2D eigenvalue weighted by Crippen LogP contribution is -2.27. The lowest BCUT2D eigenvalue weighted by Gasteiger charge is -2.18. The summed E-state index contributed by atoms with van der Waals surface area (Å²) in [6, 6.07) is 7.72. The Morgan fingerprint density at radius 2 is 1.95 bits per heavy atom. The molecule has 0 saturated heterocycles. The maximum Gasteiger partial charge on any atom is 0.222 e. The predicted octanol–water partition coefficient (Wildman–Crippen LogP) is 2.03. The van der Waals surface area contributed by atoms with Crippen LogP contribution in [0.3, 0.4) is 0 Å². The quantitative estimate of drug-likeness (QED) is 0.841. The van der Waals surface area contributed by atoms with E-state index in [9.17, 15) is 4.79 Å². The molecule has 0 saturated carbocycles. The van der Waals surface area contributed by atoms with Crippen LogP contribution in [0, 0.1) is 17.8 Å². The standard InChI is InChI=1S/C16H21NO2/c1-13(2)11-16(19)17(3)12-15-8-6-14(7-9-15)5-4-10-18/h6-9,13,18H,10-12H2,1-3H3. The zero-order chi connectivity index (χ0) is 14.3. The molecular weight excluding hydrogens is 238 g/mol. The molecule has 3 nitrogen and oxygen atoms in total. The third-order valence-corrected chi connectivity index (χ3v) is 2.69. The molecule has 0 bridgehead atoms. The first-order valence-corrected chi connectivity index (χ1v) is 6.45. The van der Waals surface area contributed by atoms with Gasteiger partial charge in [-0.25, -0.2) is 0 Å². The summed E-state index contributed by atoms with van der Waals surface area (Å²) in [6.45, 7) is 4.56. The van der Waals surface area contributed by atoms with Gasteiger partial charge < -0.3 is 10.0 Å². The predicted molar refractivity (Wildman–Crippen MR) is 76.3 cm³/mol. The minimum Gasteiger partial charge on any atom is -0.384 e. The van der Waals surface area contributed by atoms with E-state index in [4.69, 9.17) is 5.11 Å². The molecule has 1 N–H and O–H groups in total. The van der Waals surface area contributed by atoms with Crippen molar-refractivity contribution in [1.29, 1.82) is 0 Å². The SMILES string of the molecule is CC(C)CC(=O)N(C)Cc1ccc(C#CCO)cc1. The Hall–Kier alpha value is -1.79. The Labute approximate surface area is 115 Å². The highest BCUT2D eigenvalue weighted by Crippen LogP contribution is 2.09. The fraction of sp³-hybridized carbons (Fsp3) is 0.438. The maximum atomic E-state index is 11.8. The molecule has 1 amide bonds. The Morgan fingerprint density at radius 3 is 2.47 bits per heavy atom. The first-order chi connectivity index (χ1) is 9.02. The smallest absolute Gasteiger partial charge is 0.222 e. The van der Waals surface area contributed by atoms with Gasteiger partial charge in [0.1, 0.15) is 6.61 Å². The van der Waals surface area contributed by atoms with E-state index in [0.29, 0.717) is 18.9 Å². The third-order valence-electron chi connectivity index (χ3n) is 2.69. The molecule has 0 heterocycles. The Kier molecular flexibility index (Phi) is 6.11. The van der Waals surface area contributed by atoms with Gasteiger partial charge in [0.15, 0.2) is 0 Å². The minimum absolute atomic E-state index is 0.131. The van der Waals surface area contributed by atoms with Crippen LogP contribution in [0.4, 0.5) is 0 Å². The zero-order valence-electron chi connectivity index (χ0n) is 11.8. The number of carbonyl (C=O) groups excluding carboxylic acids is 1. The average Bonchev–Trinajstić information content (AvgIpc) is 2.37. The van der Waals surface area contributed by atoms with E-state index in [1.54, 1.807) is 4.90 Å². The average molecular weight is 259 g/mol. The molecule has 102 valence electrons. The second-order valence-corrected chi connectivity index (χ2v) is 5.00. The van der Waals surface area contributed by atoms with Crippen LogP contribution in [-0.2, 0) is 11.3 Å². The maximum absolute atomic E-state index is 11.8.